The van der Waals surface area contributed by atoms with Crippen molar-refractivity contribution in [2.45, 2.75) is 38.8 Å². The number of pyridine rings is 2. The van der Waals surface area contributed by atoms with Crippen LogP contribution in [-0.4, -0.2) is 44.4 Å². The molecule has 0 radical (unpaired) electrons. The van der Waals surface area contributed by atoms with Crippen molar-refractivity contribution in [2.24, 2.45) is 0 Å². The number of rotatable bonds is 4. The predicted molar refractivity (Wildman–Crippen MR) is 102 cm³/mol. The Balaban J connectivity index is 1.51. The average molecular weight is 335 g/mol. The summed E-state index contributed by atoms with van der Waals surface area (Å²) in [5.41, 5.74) is 2.91. The monoisotopic (exact) mass is 335 g/mol. The number of piperidine rings is 1. The summed E-state index contributed by atoms with van der Waals surface area (Å²) in [5, 5.41) is 3.62. The molecule has 1 aliphatic heterocycles. The van der Waals surface area contributed by atoms with E-state index >= 15 is 0 Å². The smallest absolute Gasteiger partial charge is 0.137 e. The number of imidazole rings is 1. The van der Waals surface area contributed by atoms with Crippen LogP contribution in [0.2, 0.25) is 0 Å². The molecular weight excluding hydrogens is 310 g/mol. The highest BCUT2D eigenvalue weighted by molar-refractivity contribution is 5.61. The Kier molecular flexibility index (Phi) is 4.40. The third-order valence-corrected chi connectivity index (χ3v) is 5.04. The fourth-order valence-electron chi connectivity index (χ4n) is 3.55. The molecule has 1 fully saturated rings. The number of nitrogens with zero attached hydrogens (tertiary/aromatic N) is 4. The molecule has 0 saturated carbocycles. The average Bonchev–Trinajstić information content (AvgIpc) is 3.06. The lowest BCUT2D eigenvalue weighted by Crippen LogP contribution is -2.42. The molecule has 4 heterocycles. The number of fused-ring (bicyclic) bond motifs is 1. The van der Waals surface area contributed by atoms with Crippen LogP contribution in [0.25, 0.3) is 17.0 Å². The molecule has 0 unspecified atom stereocenters. The molecular formula is C20H25N5. The van der Waals surface area contributed by atoms with Crippen molar-refractivity contribution >= 4 is 11.5 Å². The number of hydrogen-bond donors (Lipinski definition) is 1. The van der Waals surface area contributed by atoms with Crippen molar-refractivity contribution in [2.75, 3.05) is 18.4 Å². The zero-order valence-electron chi connectivity index (χ0n) is 14.9. The second-order valence-corrected chi connectivity index (χ2v) is 7.03. The maximum atomic E-state index is 4.83. The molecule has 130 valence electrons. The summed E-state index contributed by atoms with van der Waals surface area (Å²) in [6.07, 6.45) is 6.25. The van der Waals surface area contributed by atoms with Crippen molar-refractivity contribution in [1.82, 2.24) is 19.3 Å². The SMILES string of the molecule is CC(C)N1CCC(Nc2cccc(-c3cnc4ccccn34)n2)CC1. The van der Waals surface area contributed by atoms with Gasteiger partial charge in [-0.3, -0.25) is 4.40 Å². The highest BCUT2D eigenvalue weighted by atomic mass is 15.2. The van der Waals surface area contributed by atoms with E-state index in [2.05, 4.69) is 45.6 Å². The van der Waals surface area contributed by atoms with E-state index in [0.29, 0.717) is 12.1 Å². The topological polar surface area (TPSA) is 45.5 Å². The van der Waals surface area contributed by atoms with Crippen LogP contribution in [0.3, 0.4) is 0 Å². The number of anilines is 1. The van der Waals surface area contributed by atoms with Gasteiger partial charge in [0.05, 0.1) is 17.6 Å². The van der Waals surface area contributed by atoms with Crippen LogP contribution in [0.15, 0.2) is 48.8 Å². The van der Waals surface area contributed by atoms with E-state index in [4.69, 9.17) is 4.98 Å². The molecule has 4 rings (SSSR count). The summed E-state index contributed by atoms with van der Waals surface area (Å²) in [4.78, 5) is 11.8. The van der Waals surface area contributed by atoms with Gasteiger partial charge >= 0.3 is 0 Å². The molecule has 1 N–H and O–H groups in total. The Morgan fingerprint density at radius 2 is 1.92 bits per heavy atom. The third-order valence-electron chi connectivity index (χ3n) is 5.04. The summed E-state index contributed by atoms with van der Waals surface area (Å²) >= 11 is 0. The number of nitrogens with one attached hydrogen (secondary N) is 1. The first-order valence-corrected chi connectivity index (χ1v) is 9.11. The van der Waals surface area contributed by atoms with Crippen LogP contribution in [0, 0.1) is 0 Å². The lowest BCUT2D eigenvalue weighted by Gasteiger charge is -2.35. The van der Waals surface area contributed by atoms with E-state index in [9.17, 15) is 0 Å². The second-order valence-electron chi connectivity index (χ2n) is 7.03. The van der Waals surface area contributed by atoms with Gasteiger partial charge in [0.25, 0.3) is 0 Å². The van der Waals surface area contributed by atoms with Gasteiger partial charge in [-0.15, -0.1) is 0 Å². The number of aromatic nitrogens is 3. The van der Waals surface area contributed by atoms with Gasteiger partial charge in [0.15, 0.2) is 0 Å². The molecule has 1 aliphatic rings. The molecule has 3 aromatic rings. The van der Waals surface area contributed by atoms with Crippen LogP contribution in [0.5, 0.6) is 0 Å². The minimum atomic E-state index is 0.500. The van der Waals surface area contributed by atoms with E-state index in [1.807, 2.05) is 36.7 Å². The summed E-state index contributed by atoms with van der Waals surface area (Å²) in [6.45, 7) is 6.86. The van der Waals surface area contributed by atoms with Crippen LogP contribution < -0.4 is 5.32 Å². The largest absolute Gasteiger partial charge is 0.367 e. The van der Waals surface area contributed by atoms with Gasteiger partial charge in [-0.25, -0.2) is 9.97 Å². The Hall–Kier alpha value is -2.40. The fourth-order valence-corrected chi connectivity index (χ4v) is 3.55. The summed E-state index contributed by atoms with van der Waals surface area (Å²) < 4.78 is 2.08. The Morgan fingerprint density at radius 1 is 1.08 bits per heavy atom. The molecule has 25 heavy (non-hydrogen) atoms. The van der Waals surface area contributed by atoms with E-state index < -0.39 is 0 Å². The van der Waals surface area contributed by atoms with Gasteiger partial charge < -0.3 is 10.2 Å². The zero-order chi connectivity index (χ0) is 17.2. The second kappa shape index (κ2) is 6.84. The molecule has 1 saturated heterocycles. The first-order chi connectivity index (χ1) is 12.2. The van der Waals surface area contributed by atoms with Gasteiger partial charge in [-0.05, 0) is 51.0 Å². The lowest BCUT2D eigenvalue weighted by molar-refractivity contribution is 0.177. The third kappa shape index (κ3) is 3.37. The van der Waals surface area contributed by atoms with Gasteiger partial charge in [-0.2, -0.15) is 0 Å². The summed E-state index contributed by atoms with van der Waals surface area (Å²) in [5.74, 6) is 0.950. The molecule has 5 nitrogen and oxygen atoms in total. The number of likely N-dealkylation sites (tertiary alicyclic amines) is 1. The lowest BCUT2D eigenvalue weighted by atomic mass is 10.0. The molecule has 3 aromatic heterocycles. The summed E-state index contributed by atoms with van der Waals surface area (Å²) in [7, 11) is 0. The Morgan fingerprint density at radius 3 is 2.72 bits per heavy atom. The fraction of sp³-hybridized carbons (Fsp3) is 0.400. The van der Waals surface area contributed by atoms with Crippen LogP contribution in [0.1, 0.15) is 26.7 Å². The molecule has 0 amide bonds. The van der Waals surface area contributed by atoms with Crippen molar-refractivity contribution in [3.63, 3.8) is 0 Å². The predicted octanol–water partition coefficient (Wildman–Crippen LogP) is 3.68. The standard InChI is InChI=1S/C20H25N5/c1-15(2)24-12-9-16(10-13-24)22-19-7-5-6-17(23-19)18-14-21-20-8-3-4-11-25(18)20/h3-8,11,14-16H,9-10,12-13H2,1-2H3,(H,22,23). The van der Waals surface area contributed by atoms with Crippen LogP contribution in [0.4, 0.5) is 5.82 Å². The van der Waals surface area contributed by atoms with E-state index in [1.54, 1.807) is 0 Å². The van der Waals surface area contributed by atoms with Gasteiger partial charge in [0.2, 0.25) is 0 Å². The summed E-state index contributed by atoms with van der Waals surface area (Å²) in [6, 6.07) is 13.3. The molecule has 0 aromatic carbocycles. The van der Waals surface area contributed by atoms with Gasteiger partial charge in [-0.1, -0.05) is 12.1 Å². The van der Waals surface area contributed by atoms with Gasteiger partial charge in [0, 0.05) is 31.4 Å². The van der Waals surface area contributed by atoms with E-state index in [1.165, 1.54) is 12.8 Å². The Bertz CT molecular complexity index is 846. The van der Waals surface area contributed by atoms with Crippen LogP contribution >= 0.6 is 0 Å². The minimum absolute atomic E-state index is 0.500. The van der Waals surface area contributed by atoms with Crippen molar-refractivity contribution in [1.29, 1.82) is 0 Å². The minimum Gasteiger partial charge on any atom is -0.367 e. The normalized spacial score (nSPS) is 16.6. The van der Waals surface area contributed by atoms with E-state index in [-0.39, 0.29) is 0 Å². The van der Waals surface area contributed by atoms with Crippen molar-refractivity contribution in [3.05, 3.63) is 48.8 Å². The first-order valence-electron chi connectivity index (χ1n) is 9.11. The maximum Gasteiger partial charge on any atom is 0.137 e. The quantitative estimate of drug-likeness (QED) is 0.790. The highest BCUT2D eigenvalue weighted by Crippen LogP contribution is 2.22. The molecule has 0 spiro atoms. The molecule has 0 bridgehead atoms. The molecule has 5 heteroatoms. The number of hydrogen-bond acceptors (Lipinski definition) is 4. The van der Waals surface area contributed by atoms with Gasteiger partial charge in [0.1, 0.15) is 11.5 Å². The highest BCUT2D eigenvalue weighted by Gasteiger charge is 2.21. The van der Waals surface area contributed by atoms with Crippen molar-refractivity contribution < 1.29 is 0 Å². The van der Waals surface area contributed by atoms with E-state index in [0.717, 1.165) is 35.9 Å². The molecule has 0 atom stereocenters. The Labute approximate surface area is 148 Å². The first kappa shape index (κ1) is 16.1. The molecule has 0 aliphatic carbocycles. The zero-order valence-corrected chi connectivity index (χ0v) is 14.9. The van der Waals surface area contributed by atoms with Crippen molar-refractivity contribution in [3.8, 4) is 11.4 Å². The maximum absolute atomic E-state index is 4.83. The van der Waals surface area contributed by atoms with Crippen LogP contribution in [-0.2, 0) is 0 Å².